The Morgan fingerprint density at radius 1 is 1.13 bits per heavy atom. The Morgan fingerprint density at radius 3 is 2.57 bits per heavy atom. The summed E-state index contributed by atoms with van der Waals surface area (Å²) >= 11 is 9.45. The highest BCUT2D eigenvalue weighted by Gasteiger charge is 2.17. The van der Waals surface area contributed by atoms with Crippen LogP contribution in [0.2, 0.25) is 0 Å². The van der Waals surface area contributed by atoms with Crippen molar-refractivity contribution in [3.05, 3.63) is 58.6 Å². The van der Waals surface area contributed by atoms with Gasteiger partial charge in [-0.05, 0) is 36.4 Å². The van der Waals surface area contributed by atoms with Crippen molar-refractivity contribution < 1.29 is 4.79 Å². The Morgan fingerprint density at radius 2 is 1.87 bits per heavy atom. The fraction of sp³-hybridized carbons (Fsp3) is 0.125. The molecular weight excluding hydrogens is 380 g/mol. The van der Waals surface area contributed by atoms with Crippen LogP contribution in [0.25, 0.3) is 0 Å². The van der Waals surface area contributed by atoms with Crippen molar-refractivity contribution in [1.82, 2.24) is 4.42 Å². The maximum atomic E-state index is 12.1. The molecule has 1 heterocycles. The van der Waals surface area contributed by atoms with E-state index in [-0.39, 0.29) is 6.03 Å². The number of anilines is 2. The number of hydrogen-bond acceptors (Lipinski definition) is 3. The molecule has 2 N–H and O–H groups in total. The number of hydrogen-bond donors (Lipinski definition) is 2. The van der Waals surface area contributed by atoms with E-state index in [9.17, 15) is 4.79 Å². The van der Waals surface area contributed by atoms with Crippen LogP contribution in [0.5, 0.6) is 0 Å². The third kappa shape index (κ3) is 4.03. The molecule has 0 atom stereocenters. The minimum absolute atomic E-state index is 0.305. The fourth-order valence-corrected chi connectivity index (χ4v) is 2.71. The number of carbonyl (C=O) groups excluding carboxylic acids is 1. The van der Waals surface area contributed by atoms with Gasteiger partial charge < -0.3 is 10.6 Å². The van der Waals surface area contributed by atoms with Gasteiger partial charge in [-0.25, -0.2) is 4.79 Å². The Labute approximate surface area is 147 Å². The third-order valence-electron chi connectivity index (χ3n) is 3.27. The molecule has 0 fully saturated rings. The van der Waals surface area contributed by atoms with Gasteiger partial charge in [0.05, 0.1) is 13.1 Å². The van der Waals surface area contributed by atoms with E-state index in [1.54, 1.807) is 4.42 Å². The average Bonchev–Trinajstić information content (AvgIpc) is 2.96. The lowest BCUT2D eigenvalue weighted by Gasteiger charge is -2.12. The second-order valence-corrected chi connectivity index (χ2v) is 6.28. The Kier molecular flexibility index (Phi) is 4.83. The van der Waals surface area contributed by atoms with Gasteiger partial charge in [-0.15, -0.1) is 0 Å². The molecule has 2 aromatic rings. The molecule has 5 nitrogen and oxygen atoms in total. The SMILES string of the molecule is O=C(Nc1ccc(Br)cc1)Nc1cccc(C2=NCCN2Cl)c1. The molecule has 0 saturated heterocycles. The molecule has 23 heavy (non-hydrogen) atoms. The molecule has 1 aliphatic rings. The van der Waals surface area contributed by atoms with Crippen molar-refractivity contribution in [2.24, 2.45) is 4.99 Å². The molecule has 118 valence electrons. The minimum Gasteiger partial charge on any atom is -0.308 e. The fourth-order valence-electron chi connectivity index (χ4n) is 2.22. The minimum atomic E-state index is -0.305. The molecule has 3 rings (SSSR count). The molecule has 0 bridgehead atoms. The quantitative estimate of drug-likeness (QED) is 0.764. The summed E-state index contributed by atoms with van der Waals surface area (Å²) in [5, 5.41) is 5.58. The van der Waals surface area contributed by atoms with Gasteiger partial charge in [0.1, 0.15) is 5.84 Å². The van der Waals surface area contributed by atoms with E-state index in [0.29, 0.717) is 24.5 Å². The smallest absolute Gasteiger partial charge is 0.308 e. The number of amidine groups is 1. The molecule has 2 amide bonds. The van der Waals surface area contributed by atoms with Crippen LogP contribution in [0.1, 0.15) is 5.56 Å². The van der Waals surface area contributed by atoms with Gasteiger partial charge in [0.25, 0.3) is 0 Å². The molecule has 1 aliphatic heterocycles. The average molecular weight is 394 g/mol. The largest absolute Gasteiger partial charge is 0.323 e. The second kappa shape index (κ2) is 7.02. The van der Waals surface area contributed by atoms with Gasteiger partial charge in [-0.1, -0.05) is 28.1 Å². The van der Waals surface area contributed by atoms with Crippen LogP contribution in [-0.2, 0) is 0 Å². The van der Waals surface area contributed by atoms with Gasteiger partial charge in [0, 0.05) is 33.2 Å². The normalized spacial score (nSPS) is 13.7. The molecule has 0 aliphatic carbocycles. The van der Waals surface area contributed by atoms with Crippen molar-refractivity contribution in [3.63, 3.8) is 0 Å². The highest BCUT2D eigenvalue weighted by Crippen LogP contribution is 2.18. The lowest BCUT2D eigenvalue weighted by atomic mass is 10.2. The summed E-state index contributed by atoms with van der Waals surface area (Å²) in [7, 11) is 0. The zero-order chi connectivity index (χ0) is 16.2. The standard InChI is InChI=1S/C16H14BrClN4O/c17-12-4-6-13(7-5-12)20-16(23)21-14-3-1-2-11(10-14)15-19-8-9-22(15)18/h1-7,10H,8-9H2,(H2,20,21,23). The van der Waals surface area contributed by atoms with Crippen molar-refractivity contribution in [2.45, 2.75) is 0 Å². The first kappa shape index (κ1) is 15.8. The third-order valence-corrected chi connectivity index (χ3v) is 4.13. The Balaban J connectivity index is 1.68. The number of amides is 2. The van der Waals surface area contributed by atoms with E-state index in [1.807, 2.05) is 48.5 Å². The zero-order valence-electron chi connectivity index (χ0n) is 12.1. The molecular formula is C16H14BrClN4O. The summed E-state index contributed by atoms with van der Waals surface area (Å²) < 4.78 is 2.54. The number of halogens is 2. The van der Waals surface area contributed by atoms with Gasteiger partial charge in [0.2, 0.25) is 0 Å². The Hall–Kier alpha value is -2.05. The molecule has 0 radical (unpaired) electrons. The van der Waals surface area contributed by atoms with Gasteiger partial charge in [0.15, 0.2) is 0 Å². The van der Waals surface area contributed by atoms with Gasteiger partial charge in [-0.3, -0.25) is 9.41 Å². The predicted molar refractivity (Wildman–Crippen MR) is 97.2 cm³/mol. The predicted octanol–water partition coefficient (Wildman–Crippen LogP) is 4.31. The van der Waals surface area contributed by atoms with Crippen LogP contribution in [0.4, 0.5) is 16.2 Å². The number of aliphatic imine (C=N–C) groups is 1. The summed E-state index contributed by atoms with van der Waals surface area (Å²) in [4.78, 5) is 16.4. The first-order chi connectivity index (χ1) is 11.1. The molecule has 0 spiro atoms. The Bertz CT molecular complexity index is 748. The maximum Gasteiger partial charge on any atom is 0.323 e. The van der Waals surface area contributed by atoms with Crippen molar-refractivity contribution in [1.29, 1.82) is 0 Å². The summed E-state index contributed by atoms with van der Waals surface area (Å²) in [5.74, 6) is 0.726. The van der Waals surface area contributed by atoms with Crippen molar-refractivity contribution in [2.75, 3.05) is 23.7 Å². The number of urea groups is 1. The maximum absolute atomic E-state index is 12.1. The van der Waals surface area contributed by atoms with Gasteiger partial charge >= 0.3 is 6.03 Å². The second-order valence-electron chi connectivity index (χ2n) is 4.96. The van der Waals surface area contributed by atoms with E-state index in [2.05, 4.69) is 31.6 Å². The van der Waals surface area contributed by atoms with Crippen LogP contribution >= 0.6 is 27.7 Å². The topological polar surface area (TPSA) is 56.7 Å². The summed E-state index contributed by atoms with van der Waals surface area (Å²) in [6.45, 7) is 1.37. The lowest BCUT2D eigenvalue weighted by Crippen LogP contribution is -2.20. The van der Waals surface area contributed by atoms with E-state index < -0.39 is 0 Å². The van der Waals surface area contributed by atoms with E-state index in [4.69, 9.17) is 11.8 Å². The van der Waals surface area contributed by atoms with Gasteiger partial charge in [-0.2, -0.15) is 0 Å². The lowest BCUT2D eigenvalue weighted by molar-refractivity contribution is 0.262. The number of nitrogens with zero attached hydrogens (tertiary/aromatic N) is 2. The van der Waals surface area contributed by atoms with Crippen LogP contribution in [-0.4, -0.2) is 29.4 Å². The summed E-state index contributed by atoms with van der Waals surface area (Å²) in [6.07, 6.45) is 0. The van der Waals surface area contributed by atoms with Crippen LogP contribution in [0, 0.1) is 0 Å². The summed E-state index contributed by atoms with van der Waals surface area (Å²) in [5.41, 5.74) is 2.27. The van der Waals surface area contributed by atoms with E-state index in [0.717, 1.165) is 15.9 Å². The van der Waals surface area contributed by atoms with Crippen LogP contribution in [0.3, 0.4) is 0 Å². The molecule has 0 aromatic heterocycles. The molecule has 0 saturated carbocycles. The molecule has 0 unspecified atom stereocenters. The monoisotopic (exact) mass is 392 g/mol. The van der Waals surface area contributed by atoms with Crippen molar-refractivity contribution >= 4 is 50.9 Å². The highest BCUT2D eigenvalue weighted by molar-refractivity contribution is 9.10. The number of benzene rings is 2. The van der Waals surface area contributed by atoms with E-state index in [1.165, 1.54) is 0 Å². The summed E-state index contributed by atoms with van der Waals surface area (Å²) in [6, 6.07) is 14.5. The first-order valence-electron chi connectivity index (χ1n) is 7.03. The first-order valence-corrected chi connectivity index (χ1v) is 8.17. The molecule has 7 heteroatoms. The van der Waals surface area contributed by atoms with E-state index >= 15 is 0 Å². The number of rotatable bonds is 3. The van der Waals surface area contributed by atoms with Crippen LogP contribution in [0.15, 0.2) is 58.0 Å². The molecule has 2 aromatic carbocycles. The number of nitrogens with one attached hydrogen (secondary N) is 2. The van der Waals surface area contributed by atoms with Crippen molar-refractivity contribution in [3.8, 4) is 0 Å². The number of carbonyl (C=O) groups is 1. The zero-order valence-corrected chi connectivity index (χ0v) is 14.4. The highest BCUT2D eigenvalue weighted by atomic mass is 79.9. The van der Waals surface area contributed by atoms with Crippen LogP contribution < -0.4 is 10.6 Å².